The molecule has 12 nitrogen and oxygen atoms in total. The largest absolute Gasteiger partial charge is 0.490 e. The Morgan fingerprint density at radius 3 is 2.44 bits per heavy atom. The molecule has 1 fully saturated rings. The molecule has 3 aromatic heterocycles. The average molecular weight is 690 g/mol. The monoisotopic (exact) mass is 689 g/mol. The maximum absolute atomic E-state index is 13.5. The number of carbonyl (C=O) groups is 1. The van der Waals surface area contributed by atoms with E-state index in [0.717, 1.165) is 49.7 Å². The Balaban J connectivity index is 0.979. The van der Waals surface area contributed by atoms with Gasteiger partial charge in [-0.3, -0.25) is 19.1 Å². The van der Waals surface area contributed by atoms with Gasteiger partial charge in [0.15, 0.2) is 11.6 Å². The zero-order valence-electron chi connectivity index (χ0n) is 26.8. The summed E-state index contributed by atoms with van der Waals surface area (Å²) in [4.78, 5) is 46.8. The number of halogens is 1. The SMILES string of the molecule is Nc1nc2sc(C(=O)Nc3ccc(CN4CCN(c5ncc(F)cn5)CC4)cc3)cc2n(-c2ccc3c(c2)N(c2ccccc2)CCO3)c1=O. The van der Waals surface area contributed by atoms with Gasteiger partial charge in [-0.05, 0) is 54.1 Å². The first-order valence-electron chi connectivity index (χ1n) is 16.2. The number of hydrogen-bond donors (Lipinski definition) is 2. The fraction of sp³-hybridized carbons (Fsp3) is 0.194. The number of rotatable bonds is 7. The normalized spacial score (nSPS) is 14.7. The number of amides is 1. The molecule has 5 heterocycles. The highest BCUT2D eigenvalue weighted by Crippen LogP contribution is 2.38. The maximum Gasteiger partial charge on any atom is 0.298 e. The Labute approximate surface area is 290 Å². The first-order chi connectivity index (χ1) is 24.4. The van der Waals surface area contributed by atoms with E-state index in [1.165, 1.54) is 28.3 Å². The number of carbonyl (C=O) groups excluding carboxylic acids is 1. The number of nitrogens with one attached hydrogen (secondary N) is 1. The van der Waals surface area contributed by atoms with Crippen LogP contribution in [-0.4, -0.2) is 69.7 Å². The lowest BCUT2D eigenvalue weighted by molar-refractivity contribution is 0.103. The van der Waals surface area contributed by atoms with Crippen LogP contribution in [0.1, 0.15) is 15.2 Å². The minimum atomic E-state index is -0.467. The second-order valence-electron chi connectivity index (χ2n) is 12.0. The number of anilines is 5. The standard InChI is InChI=1S/C36H32FN9O3S/c37-24-20-39-36(40-21-24)44-14-12-43(13-15-44)22-23-6-8-25(9-7-23)41-33(47)31-19-29-34(50-31)42-32(38)35(48)46(29)27-10-11-30-28(18-27)45(16-17-49-30)26-4-2-1-3-5-26/h1-11,18-21H,12-17,22H2,(H2,38,42)(H,41,47). The van der Waals surface area contributed by atoms with Gasteiger partial charge in [-0.2, -0.15) is 0 Å². The number of fused-ring (bicyclic) bond motifs is 2. The van der Waals surface area contributed by atoms with Gasteiger partial charge in [0.2, 0.25) is 5.95 Å². The Bertz CT molecular complexity index is 2240. The molecule has 0 aliphatic carbocycles. The molecular formula is C36H32FN9O3S. The highest BCUT2D eigenvalue weighted by atomic mass is 32.1. The molecule has 1 saturated heterocycles. The Kier molecular flexibility index (Phi) is 8.30. The van der Waals surface area contributed by atoms with Gasteiger partial charge in [0.1, 0.15) is 17.2 Å². The number of benzene rings is 3. The van der Waals surface area contributed by atoms with Crippen LogP contribution in [0.5, 0.6) is 5.75 Å². The smallest absolute Gasteiger partial charge is 0.298 e. The van der Waals surface area contributed by atoms with E-state index >= 15 is 0 Å². The van der Waals surface area contributed by atoms with E-state index in [1.807, 2.05) is 77.7 Å². The molecule has 50 heavy (non-hydrogen) atoms. The minimum Gasteiger partial charge on any atom is -0.490 e. The van der Waals surface area contributed by atoms with Crippen LogP contribution in [0.3, 0.4) is 0 Å². The number of nitrogen functional groups attached to an aromatic ring is 1. The summed E-state index contributed by atoms with van der Waals surface area (Å²) in [7, 11) is 0. The number of nitrogens with two attached hydrogens (primary N) is 1. The second-order valence-corrected chi connectivity index (χ2v) is 13.1. The summed E-state index contributed by atoms with van der Waals surface area (Å²) in [5.41, 5.74) is 10.3. The predicted molar refractivity (Wildman–Crippen MR) is 192 cm³/mol. The molecule has 6 aromatic rings. The van der Waals surface area contributed by atoms with E-state index in [-0.39, 0.29) is 11.7 Å². The molecule has 2 aliphatic rings. The molecule has 14 heteroatoms. The van der Waals surface area contributed by atoms with Crippen LogP contribution in [0.25, 0.3) is 16.0 Å². The first-order valence-corrected chi connectivity index (χ1v) is 17.0. The molecule has 0 spiro atoms. The van der Waals surface area contributed by atoms with E-state index in [1.54, 1.807) is 6.07 Å². The van der Waals surface area contributed by atoms with Crippen LogP contribution in [0.2, 0.25) is 0 Å². The van der Waals surface area contributed by atoms with E-state index in [9.17, 15) is 14.0 Å². The molecule has 8 rings (SSSR count). The third-order valence-electron chi connectivity index (χ3n) is 8.81. The lowest BCUT2D eigenvalue weighted by atomic mass is 10.1. The van der Waals surface area contributed by atoms with Crippen LogP contribution in [-0.2, 0) is 6.54 Å². The molecule has 0 bridgehead atoms. The van der Waals surface area contributed by atoms with Crippen LogP contribution >= 0.6 is 11.3 Å². The molecule has 0 radical (unpaired) electrons. The van der Waals surface area contributed by atoms with Crippen LogP contribution < -0.4 is 31.1 Å². The quantitative estimate of drug-likeness (QED) is 0.234. The summed E-state index contributed by atoms with van der Waals surface area (Å²) >= 11 is 1.17. The van der Waals surface area contributed by atoms with Gasteiger partial charge in [-0.15, -0.1) is 11.3 Å². The molecule has 3 N–H and O–H groups in total. The van der Waals surface area contributed by atoms with Gasteiger partial charge < -0.3 is 25.6 Å². The van der Waals surface area contributed by atoms with Crippen molar-refractivity contribution in [2.24, 2.45) is 0 Å². The van der Waals surface area contributed by atoms with Gasteiger partial charge >= 0.3 is 0 Å². The van der Waals surface area contributed by atoms with Crippen molar-refractivity contribution in [2.45, 2.75) is 6.54 Å². The van der Waals surface area contributed by atoms with Crippen LogP contribution in [0.15, 0.2) is 96.1 Å². The lowest BCUT2D eigenvalue weighted by Crippen LogP contribution is -2.46. The third kappa shape index (κ3) is 6.21. The molecule has 2 aliphatic heterocycles. The van der Waals surface area contributed by atoms with Crippen LogP contribution in [0.4, 0.5) is 33.2 Å². The summed E-state index contributed by atoms with van der Waals surface area (Å²) < 4.78 is 20.6. The van der Waals surface area contributed by atoms with E-state index in [2.05, 4.69) is 30.1 Å². The van der Waals surface area contributed by atoms with Gasteiger partial charge in [0.25, 0.3) is 11.5 Å². The van der Waals surface area contributed by atoms with Crippen molar-refractivity contribution in [3.63, 3.8) is 0 Å². The van der Waals surface area contributed by atoms with Gasteiger partial charge in [0.05, 0.1) is 40.7 Å². The zero-order chi connectivity index (χ0) is 34.2. The number of thiophene rings is 1. The van der Waals surface area contributed by atoms with E-state index in [0.29, 0.717) is 51.4 Å². The maximum atomic E-state index is 13.5. The van der Waals surface area contributed by atoms with Gasteiger partial charge in [0, 0.05) is 44.1 Å². The van der Waals surface area contributed by atoms with Crippen LogP contribution in [0, 0.1) is 5.82 Å². The van der Waals surface area contributed by atoms with E-state index < -0.39 is 11.4 Å². The zero-order valence-corrected chi connectivity index (χ0v) is 27.6. The van der Waals surface area contributed by atoms with Crippen molar-refractivity contribution in [3.05, 3.63) is 118 Å². The van der Waals surface area contributed by atoms with Gasteiger partial charge in [-0.25, -0.2) is 19.3 Å². The average Bonchev–Trinajstić information content (AvgIpc) is 3.57. The fourth-order valence-corrected chi connectivity index (χ4v) is 7.22. The van der Waals surface area contributed by atoms with E-state index in [4.69, 9.17) is 10.5 Å². The number of nitrogens with zero attached hydrogens (tertiary/aromatic N) is 7. The summed E-state index contributed by atoms with van der Waals surface area (Å²) in [5, 5.41) is 2.97. The number of aromatic nitrogens is 4. The molecule has 0 unspecified atom stereocenters. The highest BCUT2D eigenvalue weighted by Gasteiger charge is 2.23. The topological polar surface area (TPSA) is 135 Å². The third-order valence-corrected chi connectivity index (χ3v) is 9.83. The van der Waals surface area contributed by atoms with Crippen molar-refractivity contribution in [1.82, 2.24) is 24.4 Å². The Morgan fingerprint density at radius 2 is 1.68 bits per heavy atom. The molecule has 0 saturated carbocycles. The Hall–Kier alpha value is -5.86. The van der Waals surface area contributed by atoms with Gasteiger partial charge in [-0.1, -0.05) is 30.3 Å². The van der Waals surface area contributed by atoms with Crippen molar-refractivity contribution < 1.29 is 13.9 Å². The van der Waals surface area contributed by atoms with Crippen molar-refractivity contribution in [2.75, 3.05) is 60.2 Å². The summed E-state index contributed by atoms with van der Waals surface area (Å²) in [6.07, 6.45) is 2.37. The fourth-order valence-electron chi connectivity index (χ4n) is 6.30. The van der Waals surface area contributed by atoms with Crippen molar-refractivity contribution in [3.8, 4) is 11.4 Å². The lowest BCUT2D eigenvalue weighted by Gasteiger charge is -2.34. The Morgan fingerprint density at radius 1 is 0.920 bits per heavy atom. The number of hydrogen-bond acceptors (Lipinski definition) is 11. The predicted octanol–water partition coefficient (Wildman–Crippen LogP) is 5.06. The van der Waals surface area contributed by atoms with Crippen molar-refractivity contribution in [1.29, 1.82) is 0 Å². The summed E-state index contributed by atoms with van der Waals surface area (Å²) in [6, 6.07) is 25.0. The minimum absolute atomic E-state index is 0.152. The number of piperazine rings is 1. The van der Waals surface area contributed by atoms with Crippen molar-refractivity contribution >= 4 is 56.4 Å². The molecule has 1 amide bonds. The molecule has 252 valence electrons. The number of para-hydroxylation sites is 1. The first kappa shape index (κ1) is 31.4. The molecule has 3 aromatic carbocycles. The number of ether oxygens (including phenoxy) is 1. The summed E-state index contributed by atoms with van der Waals surface area (Å²) in [6.45, 7) is 5.07. The second kappa shape index (κ2) is 13.2. The highest BCUT2D eigenvalue weighted by molar-refractivity contribution is 7.20. The molecular weight excluding hydrogens is 658 g/mol. The summed E-state index contributed by atoms with van der Waals surface area (Å²) in [5.74, 6) is 0.340. The molecule has 0 atom stereocenters.